The quantitative estimate of drug-likeness (QED) is 0.903. The third kappa shape index (κ3) is 2.61. The number of hydrogen-bond acceptors (Lipinski definition) is 3. The second-order valence-electron chi connectivity index (χ2n) is 5.49. The van der Waals surface area contributed by atoms with Crippen molar-refractivity contribution in [1.82, 2.24) is 15.5 Å². The van der Waals surface area contributed by atoms with E-state index < -0.39 is 0 Å². The summed E-state index contributed by atoms with van der Waals surface area (Å²) in [5.41, 5.74) is 1.13. The Morgan fingerprint density at radius 3 is 3.05 bits per heavy atom. The maximum absolute atomic E-state index is 12.2. The fourth-order valence-electron chi connectivity index (χ4n) is 2.77. The van der Waals surface area contributed by atoms with E-state index in [0.29, 0.717) is 17.4 Å². The summed E-state index contributed by atoms with van der Waals surface area (Å²) in [5.74, 6) is 1.11. The molecule has 3 rings (SSSR count). The highest BCUT2D eigenvalue weighted by atomic mass is 16.3. The summed E-state index contributed by atoms with van der Waals surface area (Å²) in [5, 5.41) is 9.99. The number of furan rings is 1. The Kier molecular flexibility index (Phi) is 3.58. The lowest BCUT2D eigenvalue weighted by atomic mass is 9.86. The molecule has 2 unspecified atom stereocenters. The predicted octanol–water partition coefficient (Wildman–Crippen LogP) is 2.98. The Hall–Kier alpha value is -2.04. The summed E-state index contributed by atoms with van der Waals surface area (Å²) in [6.45, 7) is 2.20. The molecule has 2 heterocycles. The van der Waals surface area contributed by atoms with Gasteiger partial charge < -0.3 is 9.73 Å². The van der Waals surface area contributed by atoms with Crippen LogP contribution in [0.2, 0.25) is 0 Å². The Bertz CT molecular complexity index is 574. The maximum atomic E-state index is 12.2. The molecule has 5 nitrogen and oxygen atoms in total. The highest BCUT2D eigenvalue weighted by molar-refractivity contribution is 5.93. The van der Waals surface area contributed by atoms with Crippen LogP contribution in [0.3, 0.4) is 0 Å². The van der Waals surface area contributed by atoms with E-state index in [1.54, 1.807) is 18.4 Å². The number of rotatable bonds is 3. The van der Waals surface area contributed by atoms with Gasteiger partial charge in [-0.3, -0.25) is 9.89 Å². The van der Waals surface area contributed by atoms with E-state index in [9.17, 15) is 4.79 Å². The van der Waals surface area contributed by atoms with Crippen LogP contribution in [0.5, 0.6) is 0 Å². The van der Waals surface area contributed by atoms with Crippen molar-refractivity contribution in [3.63, 3.8) is 0 Å². The van der Waals surface area contributed by atoms with Crippen molar-refractivity contribution in [1.29, 1.82) is 0 Å². The molecule has 1 saturated carbocycles. The average Bonchev–Trinajstić information content (AvgIpc) is 3.11. The molecular weight excluding hydrogens is 254 g/mol. The first kappa shape index (κ1) is 13.0. The van der Waals surface area contributed by atoms with E-state index in [1.807, 2.05) is 6.07 Å². The van der Waals surface area contributed by atoms with E-state index in [-0.39, 0.29) is 11.9 Å². The third-order valence-corrected chi connectivity index (χ3v) is 4.03. The molecule has 1 fully saturated rings. The van der Waals surface area contributed by atoms with E-state index in [1.165, 1.54) is 19.3 Å². The molecule has 0 aromatic carbocycles. The normalized spacial score (nSPS) is 22.6. The summed E-state index contributed by atoms with van der Waals surface area (Å²) < 4.78 is 5.28. The average molecular weight is 273 g/mol. The molecule has 5 heteroatoms. The number of amides is 1. The van der Waals surface area contributed by atoms with Crippen molar-refractivity contribution < 1.29 is 9.21 Å². The monoisotopic (exact) mass is 273 g/mol. The molecule has 0 bridgehead atoms. The third-order valence-electron chi connectivity index (χ3n) is 4.03. The first-order chi connectivity index (χ1) is 9.74. The second-order valence-corrected chi connectivity index (χ2v) is 5.49. The predicted molar refractivity (Wildman–Crippen MR) is 75.2 cm³/mol. The lowest BCUT2D eigenvalue weighted by Crippen LogP contribution is -2.41. The molecule has 0 spiro atoms. The van der Waals surface area contributed by atoms with Gasteiger partial charge >= 0.3 is 0 Å². The second kappa shape index (κ2) is 5.53. The van der Waals surface area contributed by atoms with E-state index >= 15 is 0 Å². The number of carbonyl (C=O) groups excluding carboxylic acids is 1. The molecular formula is C15H19N3O2. The van der Waals surface area contributed by atoms with Crippen molar-refractivity contribution in [2.75, 3.05) is 0 Å². The van der Waals surface area contributed by atoms with Crippen LogP contribution in [-0.4, -0.2) is 22.1 Å². The van der Waals surface area contributed by atoms with Gasteiger partial charge in [0.25, 0.3) is 5.91 Å². The van der Waals surface area contributed by atoms with Crippen LogP contribution in [0.1, 0.15) is 43.1 Å². The largest absolute Gasteiger partial charge is 0.463 e. The van der Waals surface area contributed by atoms with Crippen LogP contribution >= 0.6 is 0 Å². The number of H-pyrrole nitrogens is 1. The van der Waals surface area contributed by atoms with Gasteiger partial charge in [0.15, 0.2) is 11.5 Å². The first-order valence-corrected chi connectivity index (χ1v) is 7.14. The van der Waals surface area contributed by atoms with E-state index in [2.05, 4.69) is 22.4 Å². The summed E-state index contributed by atoms with van der Waals surface area (Å²) in [7, 11) is 0. The van der Waals surface area contributed by atoms with Crippen LogP contribution < -0.4 is 5.32 Å². The maximum Gasteiger partial charge on any atom is 0.272 e. The van der Waals surface area contributed by atoms with Gasteiger partial charge in [-0.15, -0.1) is 0 Å². The summed E-state index contributed by atoms with van der Waals surface area (Å²) >= 11 is 0. The molecule has 1 aliphatic rings. The van der Waals surface area contributed by atoms with Crippen LogP contribution in [0.15, 0.2) is 28.9 Å². The zero-order valence-electron chi connectivity index (χ0n) is 11.6. The Balaban J connectivity index is 1.68. The molecule has 20 heavy (non-hydrogen) atoms. The van der Waals surface area contributed by atoms with Crippen LogP contribution in [0.4, 0.5) is 0 Å². The molecule has 1 aliphatic carbocycles. The molecule has 106 valence electrons. The molecule has 2 aromatic heterocycles. The van der Waals surface area contributed by atoms with Gasteiger partial charge in [-0.1, -0.05) is 19.8 Å². The van der Waals surface area contributed by atoms with Gasteiger partial charge in [-0.2, -0.15) is 5.10 Å². The SMILES string of the molecule is CC1CCCCC1NC(=O)c1cc(-c2ccco2)[nH]n1. The standard InChI is InChI=1S/C15H19N3O2/c1-10-5-2-3-6-11(10)16-15(19)13-9-12(17-18-13)14-7-4-8-20-14/h4,7-11H,2-3,5-6H2,1H3,(H,16,19)(H,17,18). The molecule has 2 aromatic rings. The zero-order chi connectivity index (χ0) is 13.9. The fourth-order valence-corrected chi connectivity index (χ4v) is 2.77. The van der Waals surface area contributed by atoms with Gasteiger partial charge in [0, 0.05) is 12.1 Å². The smallest absolute Gasteiger partial charge is 0.272 e. The van der Waals surface area contributed by atoms with E-state index in [0.717, 1.165) is 12.1 Å². The molecule has 0 radical (unpaired) electrons. The summed E-state index contributed by atoms with van der Waals surface area (Å²) in [6, 6.07) is 5.62. The van der Waals surface area contributed by atoms with Gasteiger partial charge in [0.2, 0.25) is 0 Å². The van der Waals surface area contributed by atoms with Crippen LogP contribution in [0, 0.1) is 5.92 Å². The molecule has 1 amide bonds. The molecule has 2 atom stereocenters. The van der Waals surface area contributed by atoms with Crippen molar-refractivity contribution in [3.8, 4) is 11.5 Å². The molecule has 0 aliphatic heterocycles. The molecule has 0 saturated heterocycles. The first-order valence-electron chi connectivity index (χ1n) is 7.14. The lowest BCUT2D eigenvalue weighted by molar-refractivity contribution is 0.0905. The number of aromatic amines is 1. The van der Waals surface area contributed by atoms with Crippen LogP contribution in [0.25, 0.3) is 11.5 Å². The Morgan fingerprint density at radius 1 is 1.45 bits per heavy atom. The van der Waals surface area contributed by atoms with Gasteiger partial charge in [0.1, 0.15) is 5.69 Å². The lowest BCUT2D eigenvalue weighted by Gasteiger charge is -2.29. The van der Waals surface area contributed by atoms with Gasteiger partial charge in [-0.25, -0.2) is 0 Å². The minimum Gasteiger partial charge on any atom is -0.463 e. The highest BCUT2D eigenvalue weighted by Crippen LogP contribution is 2.24. The topological polar surface area (TPSA) is 70.9 Å². The number of nitrogens with zero attached hydrogens (tertiary/aromatic N) is 1. The van der Waals surface area contributed by atoms with Crippen molar-refractivity contribution in [3.05, 3.63) is 30.2 Å². The number of carbonyl (C=O) groups is 1. The number of aromatic nitrogens is 2. The van der Waals surface area contributed by atoms with Crippen molar-refractivity contribution in [2.24, 2.45) is 5.92 Å². The summed E-state index contributed by atoms with van der Waals surface area (Å²) in [6.07, 6.45) is 6.29. The van der Waals surface area contributed by atoms with Crippen LogP contribution in [-0.2, 0) is 0 Å². The zero-order valence-corrected chi connectivity index (χ0v) is 11.6. The number of hydrogen-bond donors (Lipinski definition) is 2. The number of nitrogens with one attached hydrogen (secondary N) is 2. The summed E-state index contributed by atoms with van der Waals surface area (Å²) in [4.78, 5) is 12.2. The highest BCUT2D eigenvalue weighted by Gasteiger charge is 2.24. The minimum atomic E-state index is -0.113. The Labute approximate surface area is 117 Å². The fraction of sp³-hybridized carbons (Fsp3) is 0.467. The van der Waals surface area contributed by atoms with Crippen molar-refractivity contribution >= 4 is 5.91 Å². The van der Waals surface area contributed by atoms with Crippen molar-refractivity contribution in [2.45, 2.75) is 38.6 Å². The van der Waals surface area contributed by atoms with Gasteiger partial charge in [0.05, 0.1) is 6.26 Å². The van der Waals surface area contributed by atoms with E-state index in [4.69, 9.17) is 4.42 Å². The minimum absolute atomic E-state index is 0.113. The van der Waals surface area contributed by atoms with Gasteiger partial charge in [-0.05, 0) is 30.9 Å². The molecule has 2 N–H and O–H groups in total. The Morgan fingerprint density at radius 2 is 2.30 bits per heavy atom.